The van der Waals surface area contributed by atoms with Crippen LogP contribution in [0.2, 0.25) is 0 Å². The number of aryl methyl sites for hydroxylation is 1. The highest BCUT2D eigenvalue weighted by Crippen LogP contribution is 2.56. The van der Waals surface area contributed by atoms with Crippen LogP contribution in [0.25, 0.3) is 0 Å². The molecule has 1 saturated carbocycles. The van der Waals surface area contributed by atoms with E-state index in [1.807, 2.05) is 36.4 Å². The molecule has 114 valence electrons. The number of methoxy groups -OCH3 is 1. The molecule has 1 unspecified atom stereocenters. The number of nitrogens with zero attached hydrogens (tertiary/aromatic N) is 1. The van der Waals surface area contributed by atoms with E-state index < -0.39 is 10.1 Å². The highest BCUT2D eigenvalue weighted by molar-refractivity contribution is 8.00. The molecule has 2 aromatic carbocycles. The van der Waals surface area contributed by atoms with Crippen molar-refractivity contribution in [3.05, 3.63) is 53.6 Å². The molecule has 4 rings (SSSR count). The number of rotatable bonds is 2. The minimum Gasteiger partial charge on any atom is -0.626 e. The van der Waals surface area contributed by atoms with E-state index in [1.165, 1.54) is 11.1 Å². The summed E-state index contributed by atoms with van der Waals surface area (Å²) >= 11 is 0. The molecule has 1 fully saturated rings. The summed E-state index contributed by atoms with van der Waals surface area (Å²) in [4.78, 5) is 0.845. The average molecular weight is 313 g/mol. The molecule has 3 nitrogen and oxygen atoms in total. The molecule has 1 aliphatic carbocycles. The zero-order chi connectivity index (χ0) is 15.3. The van der Waals surface area contributed by atoms with E-state index in [1.54, 1.807) is 7.11 Å². The number of fused-ring (bicyclic) bond motifs is 3. The third kappa shape index (κ3) is 1.87. The summed E-state index contributed by atoms with van der Waals surface area (Å²) in [6.07, 6.45) is 2.07. The second kappa shape index (κ2) is 4.93. The van der Waals surface area contributed by atoms with Gasteiger partial charge in [0.05, 0.1) is 7.11 Å². The van der Waals surface area contributed by atoms with Gasteiger partial charge >= 0.3 is 0 Å². The normalized spacial score (nSPS) is 28.9. The lowest BCUT2D eigenvalue weighted by atomic mass is 9.78. The number of benzene rings is 2. The maximum Gasteiger partial charge on any atom is 0.155 e. The Hall–Kier alpha value is -1.65. The van der Waals surface area contributed by atoms with Gasteiger partial charge in [-0.2, -0.15) is 0 Å². The van der Waals surface area contributed by atoms with Gasteiger partial charge in [-0.05, 0) is 59.2 Å². The van der Waals surface area contributed by atoms with Crippen LogP contribution in [-0.2, 0) is 10.1 Å². The predicted octanol–water partition coefficient (Wildman–Crippen LogP) is 4.42. The lowest BCUT2D eigenvalue weighted by molar-refractivity contribution is 0.390. The third-order valence-electron chi connectivity index (χ3n) is 4.80. The Bertz CT molecular complexity index is 785. The molecule has 2 aromatic rings. The second-order valence-corrected chi connectivity index (χ2v) is 8.50. The van der Waals surface area contributed by atoms with Crippen LogP contribution in [0.1, 0.15) is 29.9 Å². The Morgan fingerprint density at radius 1 is 1.18 bits per heavy atom. The Kier molecular flexibility index (Phi) is 3.13. The molecule has 0 amide bonds. The van der Waals surface area contributed by atoms with E-state index >= 15 is 0 Å². The van der Waals surface area contributed by atoms with E-state index in [2.05, 4.69) is 13.0 Å². The van der Waals surface area contributed by atoms with Crippen molar-refractivity contribution in [2.45, 2.75) is 35.8 Å². The summed E-state index contributed by atoms with van der Waals surface area (Å²) in [5.74, 6) is 1.08. The van der Waals surface area contributed by atoms with Crippen LogP contribution < -0.4 is 4.74 Å². The van der Waals surface area contributed by atoms with Crippen LogP contribution in [0.4, 0.5) is 5.69 Å². The van der Waals surface area contributed by atoms with Gasteiger partial charge in [0, 0.05) is 5.92 Å². The van der Waals surface area contributed by atoms with Crippen molar-refractivity contribution in [3.8, 4) is 5.75 Å². The Morgan fingerprint density at radius 2 is 1.95 bits per heavy atom. The first-order valence-corrected chi connectivity index (χ1v) is 9.21. The molecular formula is C18H19NO2S. The first-order valence-electron chi connectivity index (χ1n) is 7.63. The van der Waals surface area contributed by atoms with Gasteiger partial charge in [-0.3, -0.25) is 0 Å². The minimum atomic E-state index is -2.42. The molecular weight excluding hydrogens is 294 g/mol. The van der Waals surface area contributed by atoms with Crippen molar-refractivity contribution in [2.75, 3.05) is 7.11 Å². The van der Waals surface area contributed by atoms with E-state index in [0.717, 1.165) is 29.2 Å². The van der Waals surface area contributed by atoms with Crippen LogP contribution in [0.5, 0.6) is 5.75 Å². The molecule has 1 heterocycles. The summed E-state index contributed by atoms with van der Waals surface area (Å²) in [7, 11) is -0.769. The molecule has 0 aromatic heterocycles. The fourth-order valence-electron chi connectivity index (χ4n) is 3.56. The highest BCUT2D eigenvalue weighted by atomic mass is 32.3. The van der Waals surface area contributed by atoms with Crippen molar-refractivity contribution >= 4 is 15.8 Å². The van der Waals surface area contributed by atoms with Crippen molar-refractivity contribution in [3.63, 3.8) is 0 Å². The SMILES string of the molecule is COc1cc(C)cc2c1N=[S+]([O-])(c1ccccc1)[C@H]1CC[C@@H]21. The smallest absolute Gasteiger partial charge is 0.155 e. The number of hydrogen-bond acceptors (Lipinski definition) is 3. The summed E-state index contributed by atoms with van der Waals surface area (Å²) in [5, 5.41) is 0.133. The highest BCUT2D eigenvalue weighted by Gasteiger charge is 2.49. The van der Waals surface area contributed by atoms with E-state index in [9.17, 15) is 4.55 Å². The summed E-state index contributed by atoms with van der Waals surface area (Å²) in [6.45, 7) is 2.07. The maximum atomic E-state index is 13.7. The maximum absolute atomic E-state index is 13.7. The fourth-order valence-corrected chi connectivity index (χ4v) is 6.35. The molecule has 4 heteroatoms. The van der Waals surface area contributed by atoms with Gasteiger partial charge in [0.25, 0.3) is 0 Å². The van der Waals surface area contributed by atoms with E-state index in [4.69, 9.17) is 9.10 Å². The Morgan fingerprint density at radius 3 is 2.59 bits per heavy atom. The van der Waals surface area contributed by atoms with Crippen molar-refractivity contribution in [1.29, 1.82) is 0 Å². The van der Waals surface area contributed by atoms with Crippen molar-refractivity contribution in [1.82, 2.24) is 0 Å². The first-order chi connectivity index (χ1) is 10.6. The Balaban J connectivity index is 1.99. The van der Waals surface area contributed by atoms with Crippen molar-refractivity contribution in [2.24, 2.45) is 4.36 Å². The topological polar surface area (TPSA) is 44.6 Å². The monoisotopic (exact) mass is 313 g/mol. The van der Waals surface area contributed by atoms with Crippen LogP contribution in [0.3, 0.4) is 0 Å². The lowest BCUT2D eigenvalue weighted by Gasteiger charge is -2.46. The molecule has 0 radical (unpaired) electrons. The van der Waals surface area contributed by atoms with Gasteiger partial charge in [0.1, 0.15) is 15.9 Å². The molecule has 0 saturated heterocycles. The van der Waals surface area contributed by atoms with Gasteiger partial charge in [0.2, 0.25) is 0 Å². The molecule has 3 atom stereocenters. The summed E-state index contributed by atoms with van der Waals surface area (Å²) in [5.41, 5.74) is 3.18. The van der Waals surface area contributed by atoms with Gasteiger partial charge in [-0.25, -0.2) is 0 Å². The standard InChI is InChI=1S/C18H19NO2S/c1-12-10-15-14-8-9-17(14)22(20,13-6-4-3-5-7-13)19-18(15)16(11-12)21-2/h3-7,10-11,14,17H,8-9H2,1-2H3/t14-,17-,22?/m0/s1. The lowest BCUT2D eigenvalue weighted by Crippen LogP contribution is -2.43. The van der Waals surface area contributed by atoms with Crippen molar-refractivity contribution < 1.29 is 9.29 Å². The zero-order valence-electron chi connectivity index (χ0n) is 12.8. The largest absolute Gasteiger partial charge is 0.626 e. The van der Waals surface area contributed by atoms with Gasteiger partial charge in [-0.1, -0.05) is 28.6 Å². The summed E-state index contributed by atoms with van der Waals surface area (Å²) < 4.78 is 23.9. The average Bonchev–Trinajstić information content (AvgIpc) is 2.48. The minimum absolute atomic E-state index is 0.133. The zero-order valence-corrected chi connectivity index (χ0v) is 13.6. The molecule has 0 spiro atoms. The van der Waals surface area contributed by atoms with E-state index in [0.29, 0.717) is 5.92 Å². The summed E-state index contributed by atoms with van der Waals surface area (Å²) in [6, 6.07) is 13.9. The first kappa shape index (κ1) is 14.0. The molecule has 22 heavy (non-hydrogen) atoms. The van der Waals surface area contributed by atoms with Crippen LogP contribution >= 0.6 is 0 Å². The number of hydrogen-bond donors (Lipinski definition) is 0. The van der Waals surface area contributed by atoms with E-state index in [-0.39, 0.29) is 5.25 Å². The van der Waals surface area contributed by atoms with Crippen LogP contribution in [0, 0.1) is 6.92 Å². The molecule has 1 aliphatic heterocycles. The van der Waals surface area contributed by atoms with Crippen LogP contribution in [0.15, 0.2) is 51.7 Å². The third-order valence-corrected chi connectivity index (χ3v) is 7.58. The molecule has 2 aliphatic rings. The molecule has 0 N–H and O–H groups in total. The quantitative estimate of drug-likeness (QED) is 0.770. The van der Waals surface area contributed by atoms with Crippen LogP contribution in [-0.4, -0.2) is 16.9 Å². The number of ether oxygens (including phenoxy) is 1. The van der Waals surface area contributed by atoms with Gasteiger partial charge in [-0.15, -0.1) is 0 Å². The molecule has 0 bridgehead atoms. The predicted molar refractivity (Wildman–Crippen MR) is 88.4 cm³/mol. The second-order valence-electron chi connectivity index (χ2n) is 6.10. The van der Waals surface area contributed by atoms with Gasteiger partial charge in [0.15, 0.2) is 5.69 Å². The fraction of sp³-hybridized carbons (Fsp3) is 0.333. The van der Waals surface area contributed by atoms with Gasteiger partial charge < -0.3 is 9.29 Å². The Labute approximate surface area is 132 Å².